The minimum Gasteiger partial charge on any atom is -0.465 e. The van der Waals surface area contributed by atoms with Gasteiger partial charge in [0, 0.05) is 19.2 Å². The van der Waals surface area contributed by atoms with Crippen molar-refractivity contribution in [3.05, 3.63) is 35.2 Å². The van der Waals surface area contributed by atoms with Crippen molar-refractivity contribution in [3.63, 3.8) is 0 Å². The standard InChI is InChI=1S/C13H17N5O2/c1-8-10(13(19)20-3)4-5-11(17-8)15-6-9-7-16-18(2)12(9)14/h4-5,7H,6,14H2,1-3H3,(H,15,17). The van der Waals surface area contributed by atoms with E-state index >= 15 is 0 Å². The second-order valence-corrected chi connectivity index (χ2v) is 4.35. The normalized spacial score (nSPS) is 10.3. The van der Waals surface area contributed by atoms with E-state index in [-0.39, 0.29) is 0 Å². The first-order valence-electron chi connectivity index (χ1n) is 6.09. The SMILES string of the molecule is COC(=O)c1ccc(NCc2cnn(C)c2N)nc1C. The summed E-state index contributed by atoms with van der Waals surface area (Å²) in [5.74, 6) is 0.886. The number of aromatic nitrogens is 3. The van der Waals surface area contributed by atoms with Crippen LogP contribution in [-0.2, 0) is 18.3 Å². The third kappa shape index (κ3) is 2.71. The quantitative estimate of drug-likeness (QED) is 0.811. The minimum absolute atomic E-state index is 0.391. The van der Waals surface area contributed by atoms with E-state index in [0.717, 1.165) is 5.56 Å². The van der Waals surface area contributed by atoms with Gasteiger partial charge in [0.2, 0.25) is 0 Å². The highest BCUT2D eigenvalue weighted by Crippen LogP contribution is 2.14. The Balaban J connectivity index is 2.09. The van der Waals surface area contributed by atoms with E-state index in [1.54, 1.807) is 37.0 Å². The Bertz CT molecular complexity index is 636. The van der Waals surface area contributed by atoms with Crippen LogP contribution in [0, 0.1) is 6.92 Å². The van der Waals surface area contributed by atoms with E-state index in [1.807, 2.05) is 0 Å². The fourth-order valence-electron chi connectivity index (χ4n) is 1.80. The number of carbonyl (C=O) groups excluding carboxylic acids is 1. The summed E-state index contributed by atoms with van der Waals surface area (Å²) in [5, 5.41) is 7.21. The first kappa shape index (κ1) is 13.9. The van der Waals surface area contributed by atoms with Gasteiger partial charge in [0.15, 0.2) is 0 Å². The van der Waals surface area contributed by atoms with Crippen LogP contribution < -0.4 is 11.1 Å². The first-order chi connectivity index (χ1) is 9.52. The molecule has 20 heavy (non-hydrogen) atoms. The van der Waals surface area contributed by atoms with Gasteiger partial charge >= 0.3 is 5.97 Å². The number of rotatable bonds is 4. The van der Waals surface area contributed by atoms with Crippen LogP contribution in [0.15, 0.2) is 18.3 Å². The summed E-state index contributed by atoms with van der Waals surface area (Å²) in [6.45, 7) is 2.28. The molecule has 0 saturated carbocycles. The topological polar surface area (TPSA) is 95.1 Å². The third-order valence-electron chi connectivity index (χ3n) is 3.02. The Morgan fingerprint density at radius 1 is 1.50 bits per heavy atom. The van der Waals surface area contributed by atoms with Crippen molar-refractivity contribution in [2.45, 2.75) is 13.5 Å². The van der Waals surface area contributed by atoms with Crippen molar-refractivity contribution in [1.82, 2.24) is 14.8 Å². The van der Waals surface area contributed by atoms with E-state index in [4.69, 9.17) is 5.73 Å². The van der Waals surface area contributed by atoms with Crippen LogP contribution in [0.4, 0.5) is 11.6 Å². The molecular weight excluding hydrogens is 258 g/mol. The molecule has 0 bridgehead atoms. The number of hydrogen-bond acceptors (Lipinski definition) is 6. The zero-order valence-corrected chi connectivity index (χ0v) is 11.7. The molecule has 0 aromatic carbocycles. The molecule has 106 valence electrons. The zero-order chi connectivity index (χ0) is 14.7. The molecule has 3 N–H and O–H groups in total. The number of anilines is 2. The lowest BCUT2D eigenvalue weighted by atomic mass is 10.2. The van der Waals surface area contributed by atoms with E-state index in [1.165, 1.54) is 7.11 Å². The molecule has 0 atom stereocenters. The van der Waals surface area contributed by atoms with Gasteiger partial charge < -0.3 is 15.8 Å². The lowest BCUT2D eigenvalue weighted by molar-refractivity contribution is 0.0599. The molecule has 0 radical (unpaired) electrons. The number of esters is 1. The molecule has 0 amide bonds. The molecule has 7 heteroatoms. The van der Waals surface area contributed by atoms with Crippen molar-refractivity contribution >= 4 is 17.6 Å². The number of nitrogens with one attached hydrogen (secondary N) is 1. The summed E-state index contributed by atoms with van der Waals surface area (Å²) in [6, 6.07) is 3.41. The summed E-state index contributed by atoms with van der Waals surface area (Å²) < 4.78 is 6.29. The second kappa shape index (κ2) is 5.60. The highest BCUT2D eigenvalue weighted by Gasteiger charge is 2.11. The fraction of sp³-hybridized carbons (Fsp3) is 0.308. The predicted molar refractivity (Wildman–Crippen MR) is 75.3 cm³/mol. The smallest absolute Gasteiger partial charge is 0.339 e. The molecular formula is C13H17N5O2. The summed E-state index contributed by atoms with van der Waals surface area (Å²) in [4.78, 5) is 15.8. The van der Waals surface area contributed by atoms with E-state index in [0.29, 0.717) is 29.4 Å². The fourth-order valence-corrected chi connectivity index (χ4v) is 1.80. The van der Waals surface area contributed by atoms with E-state index in [9.17, 15) is 4.79 Å². The number of ether oxygens (including phenoxy) is 1. The Labute approximate surface area is 116 Å². The molecule has 0 unspecified atom stereocenters. The van der Waals surface area contributed by atoms with E-state index in [2.05, 4.69) is 20.1 Å². The van der Waals surface area contributed by atoms with Crippen molar-refractivity contribution < 1.29 is 9.53 Å². The maximum absolute atomic E-state index is 11.5. The Kier molecular flexibility index (Phi) is 3.88. The van der Waals surface area contributed by atoms with Crippen LogP contribution in [0.1, 0.15) is 21.6 Å². The average Bonchev–Trinajstić information content (AvgIpc) is 2.76. The van der Waals surface area contributed by atoms with Crippen LogP contribution in [0.2, 0.25) is 0 Å². The number of carbonyl (C=O) groups is 1. The molecule has 0 aliphatic rings. The van der Waals surface area contributed by atoms with Gasteiger partial charge in [0.05, 0.1) is 24.6 Å². The minimum atomic E-state index is -0.391. The zero-order valence-electron chi connectivity index (χ0n) is 11.7. The Morgan fingerprint density at radius 2 is 2.25 bits per heavy atom. The Hall–Kier alpha value is -2.57. The summed E-state index contributed by atoms with van der Waals surface area (Å²) >= 11 is 0. The lowest BCUT2D eigenvalue weighted by Gasteiger charge is -2.08. The molecule has 2 heterocycles. The number of nitrogens with two attached hydrogens (primary N) is 1. The van der Waals surface area contributed by atoms with Gasteiger partial charge in [-0.25, -0.2) is 9.78 Å². The van der Waals surface area contributed by atoms with Crippen LogP contribution in [-0.4, -0.2) is 27.8 Å². The molecule has 0 saturated heterocycles. The van der Waals surface area contributed by atoms with Crippen LogP contribution in [0.5, 0.6) is 0 Å². The number of aryl methyl sites for hydroxylation is 2. The van der Waals surface area contributed by atoms with E-state index < -0.39 is 5.97 Å². The maximum Gasteiger partial charge on any atom is 0.339 e. The van der Waals surface area contributed by atoms with Gasteiger partial charge in [0.1, 0.15) is 11.6 Å². The van der Waals surface area contributed by atoms with Crippen LogP contribution >= 0.6 is 0 Å². The number of nitrogens with zero attached hydrogens (tertiary/aromatic N) is 3. The largest absolute Gasteiger partial charge is 0.465 e. The van der Waals surface area contributed by atoms with Gasteiger partial charge in [-0.05, 0) is 19.1 Å². The predicted octanol–water partition coefficient (Wildman–Crippen LogP) is 1.10. The van der Waals surface area contributed by atoms with Crippen molar-refractivity contribution in [3.8, 4) is 0 Å². The monoisotopic (exact) mass is 275 g/mol. The molecule has 0 spiro atoms. The van der Waals surface area contributed by atoms with Gasteiger partial charge in [-0.3, -0.25) is 4.68 Å². The van der Waals surface area contributed by atoms with Crippen molar-refractivity contribution in [2.75, 3.05) is 18.2 Å². The molecule has 7 nitrogen and oxygen atoms in total. The summed E-state index contributed by atoms with van der Waals surface area (Å²) in [7, 11) is 3.13. The Morgan fingerprint density at radius 3 is 2.80 bits per heavy atom. The summed E-state index contributed by atoms with van der Waals surface area (Å²) in [5.41, 5.74) is 7.82. The van der Waals surface area contributed by atoms with Crippen LogP contribution in [0.3, 0.4) is 0 Å². The molecule has 2 aromatic rings. The highest BCUT2D eigenvalue weighted by molar-refractivity contribution is 5.90. The molecule has 0 fully saturated rings. The maximum atomic E-state index is 11.5. The second-order valence-electron chi connectivity index (χ2n) is 4.35. The van der Waals surface area contributed by atoms with Crippen LogP contribution in [0.25, 0.3) is 0 Å². The van der Waals surface area contributed by atoms with Crippen molar-refractivity contribution in [1.29, 1.82) is 0 Å². The first-order valence-corrected chi connectivity index (χ1v) is 6.09. The number of hydrogen-bond donors (Lipinski definition) is 2. The van der Waals surface area contributed by atoms with Gasteiger partial charge in [-0.2, -0.15) is 5.10 Å². The number of pyridine rings is 1. The molecule has 0 aliphatic carbocycles. The van der Waals surface area contributed by atoms with Crippen molar-refractivity contribution in [2.24, 2.45) is 7.05 Å². The van der Waals surface area contributed by atoms with Gasteiger partial charge in [0.25, 0.3) is 0 Å². The lowest BCUT2D eigenvalue weighted by Crippen LogP contribution is -2.08. The number of nitrogen functional groups attached to an aromatic ring is 1. The van der Waals surface area contributed by atoms with Gasteiger partial charge in [-0.1, -0.05) is 0 Å². The summed E-state index contributed by atoms with van der Waals surface area (Å²) in [6.07, 6.45) is 1.71. The average molecular weight is 275 g/mol. The van der Waals surface area contributed by atoms with Gasteiger partial charge in [-0.15, -0.1) is 0 Å². The number of methoxy groups -OCH3 is 1. The third-order valence-corrected chi connectivity index (χ3v) is 3.02. The molecule has 0 aliphatic heterocycles. The highest BCUT2D eigenvalue weighted by atomic mass is 16.5. The molecule has 2 aromatic heterocycles. The molecule has 2 rings (SSSR count).